The van der Waals surface area contributed by atoms with E-state index in [0.717, 1.165) is 24.3 Å². The first-order valence-corrected chi connectivity index (χ1v) is 6.67. The second kappa shape index (κ2) is 7.34. The average Bonchev–Trinajstić information content (AvgIpc) is 2.50. The van der Waals surface area contributed by atoms with Gasteiger partial charge in [-0.15, -0.1) is 0 Å². The fourth-order valence-corrected chi connectivity index (χ4v) is 1.92. The Hall–Kier alpha value is -2.29. The van der Waals surface area contributed by atoms with Gasteiger partial charge in [0.25, 0.3) is 0 Å². The predicted molar refractivity (Wildman–Crippen MR) is 81.0 cm³/mol. The molecule has 0 saturated carbocycles. The van der Waals surface area contributed by atoms with E-state index in [1.807, 2.05) is 30.3 Å². The van der Waals surface area contributed by atoms with Crippen molar-refractivity contribution in [3.63, 3.8) is 0 Å². The number of ether oxygens (including phenoxy) is 1. The molecule has 0 aliphatic rings. The van der Waals surface area contributed by atoms with Crippen LogP contribution in [0.1, 0.15) is 17.5 Å². The van der Waals surface area contributed by atoms with Crippen LogP contribution in [0.15, 0.2) is 59.6 Å². The van der Waals surface area contributed by atoms with Crippen molar-refractivity contribution in [1.29, 1.82) is 0 Å². The van der Waals surface area contributed by atoms with Crippen LogP contribution in [-0.4, -0.2) is 18.1 Å². The Balaban J connectivity index is 1.90. The zero-order valence-electron chi connectivity index (χ0n) is 11.6. The van der Waals surface area contributed by atoms with Crippen molar-refractivity contribution in [2.75, 3.05) is 7.11 Å². The quantitative estimate of drug-likeness (QED) is 0.666. The molecule has 0 heterocycles. The molecular formula is C17H19NO2. The molecule has 0 aliphatic carbocycles. The molecule has 2 rings (SSSR count). The van der Waals surface area contributed by atoms with Crippen LogP contribution in [0.2, 0.25) is 0 Å². The lowest BCUT2D eigenvalue weighted by molar-refractivity contribution is 0.387. The van der Waals surface area contributed by atoms with E-state index in [9.17, 15) is 5.11 Å². The maximum absolute atomic E-state index is 9.24. The number of aryl methyl sites for hydroxylation is 1. The van der Waals surface area contributed by atoms with Crippen LogP contribution in [0.4, 0.5) is 0 Å². The fourth-order valence-electron chi connectivity index (χ4n) is 1.92. The summed E-state index contributed by atoms with van der Waals surface area (Å²) in [5, 5.41) is 9.24. The van der Waals surface area contributed by atoms with E-state index in [4.69, 9.17) is 4.74 Å². The molecule has 2 aromatic rings. The van der Waals surface area contributed by atoms with Gasteiger partial charge in [0.15, 0.2) is 5.90 Å². The minimum Gasteiger partial charge on any atom is -0.508 e. The van der Waals surface area contributed by atoms with E-state index in [1.54, 1.807) is 19.2 Å². The number of phenolic OH excluding ortho intramolecular Hbond substituents is 1. The third-order valence-corrected chi connectivity index (χ3v) is 3.08. The summed E-state index contributed by atoms with van der Waals surface area (Å²) >= 11 is 0. The maximum Gasteiger partial charge on any atom is 0.183 e. The molecule has 0 radical (unpaired) electrons. The van der Waals surface area contributed by atoms with Gasteiger partial charge in [0.05, 0.1) is 13.7 Å². The van der Waals surface area contributed by atoms with E-state index in [0.29, 0.717) is 12.3 Å². The van der Waals surface area contributed by atoms with E-state index in [-0.39, 0.29) is 0 Å². The van der Waals surface area contributed by atoms with Crippen molar-refractivity contribution in [1.82, 2.24) is 0 Å². The van der Waals surface area contributed by atoms with Crippen molar-refractivity contribution >= 4 is 5.90 Å². The Labute approximate surface area is 119 Å². The summed E-state index contributed by atoms with van der Waals surface area (Å²) < 4.78 is 5.32. The van der Waals surface area contributed by atoms with Gasteiger partial charge in [-0.2, -0.15) is 0 Å². The minimum absolute atomic E-state index is 0.290. The first-order chi connectivity index (χ1) is 9.78. The molecule has 20 heavy (non-hydrogen) atoms. The molecule has 0 aliphatic heterocycles. The topological polar surface area (TPSA) is 41.8 Å². The second-order valence-electron chi connectivity index (χ2n) is 4.57. The monoisotopic (exact) mass is 269 g/mol. The number of hydrogen-bond donors (Lipinski definition) is 1. The lowest BCUT2D eigenvalue weighted by atomic mass is 10.1. The number of aliphatic imine (C=N–C) groups is 1. The molecule has 0 unspecified atom stereocenters. The highest BCUT2D eigenvalue weighted by Crippen LogP contribution is 2.12. The molecule has 0 bridgehead atoms. The molecule has 0 spiro atoms. The third kappa shape index (κ3) is 4.43. The highest BCUT2D eigenvalue weighted by Gasteiger charge is 2.01. The van der Waals surface area contributed by atoms with Crippen LogP contribution in [0.25, 0.3) is 0 Å². The molecule has 0 fully saturated rings. The standard InChI is InChI=1S/C17H19NO2/c1-20-17(18-13-15-5-3-2-4-6-15)12-9-14-7-10-16(19)11-8-14/h2-8,10-11,19H,9,12-13H2,1H3. The molecule has 3 nitrogen and oxygen atoms in total. The Morgan fingerprint density at radius 2 is 1.70 bits per heavy atom. The average molecular weight is 269 g/mol. The first-order valence-electron chi connectivity index (χ1n) is 6.67. The maximum atomic E-state index is 9.24. The van der Waals surface area contributed by atoms with Gasteiger partial charge in [0.2, 0.25) is 0 Å². The summed E-state index contributed by atoms with van der Waals surface area (Å²) in [6.45, 7) is 0.638. The van der Waals surface area contributed by atoms with Crippen molar-refractivity contribution in [3.05, 3.63) is 65.7 Å². The van der Waals surface area contributed by atoms with Gasteiger partial charge in [0, 0.05) is 6.42 Å². The van der Waals surface area contributed by atoms with Crippen LogP contribution in [0, 0.1) is 0 Å². The van der Waals surface area contributed by atoms with Gasteiger partial charge in [-0.25, -0.2) is 0 Å². The summed E-state index contributed by atoms with van der Waals surface area (Å²) in [6, 6.07) is 17.3. The van der Waals surface area contributed by atoms with Crippen molar-refractivity contribution < 1.29 is 9.84 Å². The first kappa shape index (κ1) is 14.1. The van der Waals surface area contributed by atoms with Gasteiger partial charge < -0.3 is 9.84 Å². The lowest BCUT2D eigenvalue weighted by Crippen LogP contribution is -2.04. The Bertz CT molecular complexity index is 547. The summed E-state index contributed by atoms with van der Waals surface area (Å²) in [5.41, 5.74) is 2.33. The van der Waals surface area contributed by atoms with E-state index >= 15 is 0 Å². The van der Waals surface area contributed by atoms with Gasteiger partial charge in [0.1, 0.15) is 5.75 Å². The van der Waals surface area contributed by atoms with E-state index in [1.165, 1.54) is 5.56 Å². The Kier molecular flexibility index (Phi) is 5.18. The summed E-state index contributed by atoms with van der Waals surface area (Å²) in [6.07, 6.45) is 1.61. The normalized spacial score (nSPS) is 11.3. The molecule has 0 atom stereocenters. The molecule has 0 aromatic heterocycles. The SMILES string of the molecule is COC(CCc1ccc(O)cc1)=NCc1ccccc1. The lowest BCUT2D eigenvalue weighted by Gasteiger charge is -2.06. The van der Waals surface area contributed by atoms with Gasteiger partial charge in [-0.05, 0) is 29.7 Å². The largest absolute Gasteiger partial charge is 0.508 e. The molecule has 0 saturated heterocycles. The molecule has 2 aromatic carbocycles. The second-order valence-corrected chi connectivity index (χ2v) is 4.57. The van der Waals surface area contributed by atoms with Crippen LogP contribution < -0.4 is 0 Å². The number of rotatable bonds is 5. The van der Waals surface area contributed by atoms with Gasteiger partial charge >= 0.3 is 0 Å². The molecule has 1 N–H and O–H groups in total. The van der Waals surface area contributed by atoms with Crippen molar-refractivity contribution in [2.24, 2.45) is 4.99 Å². The number of nitrogens with zero attached hydrogens (tertiary/aromatic N) is 1. The number of methoxy groups -OCH3 is 1. The Morgan fingerprint density at radius 3 is 2.35 bits per heavy atom. The zero-order chi connectivity index (χ0) is 14.2. The fraction of sp³-hybridized carbons (Fsp3) is 0.235. The number of hydrogen-bond acceptors (Lipinski definition) is 3. The summed E-state index contributed by atoms with van der Waals surface area (Å²) in [5.74, 6) is 1.04. The van der Waals surface area contributed by atoms with Crippen molar-refractivity contribution in [2.45, 2.75) is 19.4 Å². The Morgan fingerprint density at radius 1 is 1.00 bits per heavy atom. The molecule has 104 valence electrons. The van der Waals surface area contributed by atoms with E-state index in [2.05, 4.69) is 17.1 Å². The zero-order valence-corrected chi connectivity index (χ0v) is 11.6. The van der Waals surface area contributed by atoms with Crippen LogP contribution in [-0.2, 0) is 17.7 Å². The number of phenols is 1. The summed E-state index contributed by atoms with van der Waals surface area (Å²) in [7, 11) is 1.65. The number of benzene rings is 2. The molecule has 0 amide bonds. The third-order valence-electron chi connectivity index (χ3n) is 3.08. The van der Waals surface area contributed by atoms with E-state index < -0.39 is 0 Å². The smallest absolute Gasteiger partial charge is 0.183 e. The predicted octanol–water partition coefficient (Wildman–Crippen LogP) is 3.57. The van der Waals surface area contributed by atoms with Crippen LogP contribution in [0.3, 0.4) is 0 Å². The summed E-state index contributed by atoms with van der Waals surface area (Å²) in [4.78, 5) is 4.49. The van der Waals surface area contributed by atoms with Crippen molar-refractivity contribution in [3.8, 4) is 5.75 Å². The van der Waals surface area contributed by atoms with Gasteiger partial charge in [-0.1, -0.05) is 42.5 Å². The van der Waals surface area contributed by atoms with Crippen LogP contribution in [0.5, 0.6) is 5.75 Å². The molecular weight excluding hydrogens is 250 g/mol. The minimum atomic E-state index is 0.290. The highest BCUT2D eigenvalue weighted by molar-refractivity contribution is 5.76. The highest BCUT2D eigenvalue weighted by atomic mass is 16.5. The number of aromatic hydroxyl groups is 1. The molecule has 3 heteroatoms. The van der Waals surface area contributed by atoms with Gasteiger partial charge in [-0.3, -0.25) is 4.99 Å². The van der Waals surface area contributed by atoms with Crippen LogP contribution >= 0.6 is 0 Å².